The minimum Gasteiger partial charge on any atom is -0.351 e. The van der Waals surface area contributed by atoms with E-state index >= 15 is 0 Å². The molecule has 0 spiro atoms. The lowest BCUT2D eigenvalue weighted by Gasteiger charge is -2.25. The van der Waals surface area contributed by atoms with Crippen LogP contribution in [0.2, 0.25) is 0 Å². The molecule has 0 aliphatic carbocycles. The minimum atomic E-state index is -4.75. The maximum absolute atomic E-state index is 13.2. The molecule has 1 saturated heterocycles. The van der Waals surface area contributed by atoms with Crippen molar-refractivity contribution in [1.29, 1.82) is 0 Å². The fourth-order valence-corrected chi connectivity index (χ4v) is 2.51. The number of nitrogens with zero attached hydrogens (tertiary/aromatic N) is 1. The number of hydrogen-bond acceptors (Lipinski definition) is 4. The molecule has 1 aromatic rings. The average molecular weight is 358 g/mol. The van der Waals surface area contributed by atoms with Crippen molar-refractivity contribution in [2.45, 2.75) is 18.6 Å². The number of alkyl halides is 3. The van der Waals surface area contributed by atoms with Crippen molar-refractivity contribution in [3.8, 4) is 0 Å². The Hall–Kier alpha value is -3.11. The van der Waals surface area contributed by atoms with Crippen LogP contribution in [-0.4, -0.2) is 35.3 Å². The first-order valence-electron chi connectivity index (χ1n) is 6.87. The maximum Gasteiger partial charge on any atom is 0.416 e. The number of nitrogens with two attached hydrogens (primary N) is 1. The third kappa shape index (κ3) is 3.39. The first-order chi connectivity index (χ1) is 11.5. The van der Waals surface area contributed by atoms with Crippen LogP contribution in [0, 0.1) is 0 Å². The molecule has 1 aliphatic rings. The smallest absolute Gasteiger partial charge is 0.351 e. The molecule has 134 valence electrons. The average Bonchev–Trinajstić information content (AvgIpc) is 2.70. The molecule has 0 radical (unpaired) electrons. The molecule has 2 rings (SSSR count). The second-order valence-electron chi connectivity index (χ2n) is 5.40. The zero-order chi connectivity index (χ0) is 19.0. The van der Waals surface area contributed by atoms with E-state index in [2.05, 4.69) is 5.32 Å². The third-order valence-corrected chi connectivity index (χ3v) is 3.61. The summed E-state index contributed by atoms with van der Waals surface area (Å²) in [4.78, 5) is 47.0. The lowest BCUT2D eigenvalue weighted by atomic mass is 9.87. The van der Waals surface area contributed by atoms with E-state index in [4.69, 9.17) is 5.73 Å². The van der Waals surface area contributed by atoms with Crippen LogP contribution in [0.15, 0.2) is 24.3 Å². The molecular weight excluding hydrogens is 345 g/mol. The van der Waals surface area contributed by atoms with Gasteiger partial charge in [0.2, 0.25) is 5.91 Å². The zero-order valence-corrected chi connectivity index (χ0v) is 12.8. The van der Waals surface area contributed by atoms with Gasteiger partial charge >= 0.3 is 18.2 Å². The number of primary amides is 1. The van der Waals surface area contributed by atoms with Crippen molar-refractivity contribution in [3.63, 3.8) is 0 Å². The summed E-state index contributed by atoms with van der Waals surface area (Å²) in [6.45, 7) is 0.237. The lowest BCUT2D eigenvalue weighted by molar-refractivity contribution is -0.140. The van der Waals surface area contributed by atoms with E-state index in [-0.39, 0.29) is 0 Å². The third-order valence-electron chi connectivity index (χ3n) is 3.61. The Morgan fingerprint density at radius 2 is 1.88 bits per heavy atom. The molecular formula is C14H13F3N4O4. The van der Waals surface area contributed by atoms with E-state index in [1.807, 2.05) is 0 Å². The number of amides is 6. The van der Waals surface area contributed by atoms with E-state index in [9.17, 15) is 32.3 Å². The van der Waals surface area contributed by atoms with Gasteiger partial charge in [0.25, 0.3) is 5.91 Å². The topological polar surface area (TPSA) is 122 Å². The molecule has 25 heavy (non-hydrogen) atoms. The maximum atomic E-state index is 13.2. The van der Waals surface area contributed by atoms with Gasteiger partial charge in [-0.15, -0.1) is 0 Å². The number of carbonyl (C=O) groups excluding carboxylic acids is 4. The molecule has 0 unspecified atom stereocenters. The summed E-state index contributed by atoms with van der Waals surface area (Å²) in [5.74, 6) is -2.11. The summed E-state index contributed by atoms with van der Waals surface area (Å²) in [7, 11) is 0. The highest BCUT2D eigenvalue weighted by Gasteiger charge is 2.52. The van der Waals surface area contributed by atoms with Gasteiger partial charge in [0.05, 0.1) is 5.56 Å². The Morgan fingerprint density at radius 3 is 2.44 bits per heavy atom. The van der Waals surface area contributed by atoms with Gasteiger partial charge < -0.3 is 11.1 Å². The number of rotatable bonds is 3. The van der Waals surface area contributed by atoms with Crippen LogP contribution in [0.25, 0.3) is 0 Å². The van der Waals surface area contributed by atoms with Crippen LogP contribution in [0.3, 0.4) is 0 Å². The van der Waals surface area contributed by atoms with Crippen LogP contribution in [-0.2, 0) is 21.3 Å². The molecule has 4 N–H and O–H groups in total. The van der Waals surface area contributed by atoms with E-state index < -0.39 is 53.3 Å². The summed E-state index contributed by atoms with van der Waals surface area (Å²) in [6.07, 6.45) is -4.75. The summed E-state index contributed by atoms with van der Waals surface area (Å²) in [5, 5.41) is 3.82. The number of urea groups is 2. The monoisotopic (exact) mass is 358 g/mol. The fourth-order valence-electron chi connectivity index (χ4n) is 2.51. The lowest BCUT2D eigenvalue weighted by Crippen LogP contribution is -2.46. The summed E-state index contributed by atoms with van der Waals surface area (Å²) >= 11 is 0. The Morgan fingerprint density at radius 1 is 1.28 bits per heavy atom. The van der Waals surface area contributed by atoms with Gasteiger partial charge in [-0.05, 0) is 18.6 Å². The largest absolute Gasteiger partial charge is 0.416 e. The van der Waals surface area contributed by atoms with Gasteiger partial charge in [0, 0.05) is 0 Å². The van der Waals surface area contributed by atoms with E-state index in [0.29, 0.717) is 4.90 Å². The first-order valence-corrected chi connectivity index (χ1v) is 6.87. The van der Waals surface area contributed by atoms with Crippen LogP contribution in [0.5, 0.6) is 0 Å². The molecule has 1 atom stereocenters. The molecule has 1 aromatic carbocycles. The Bertz CT molecular complexity index is 765. The van der Waals surface area contributed by atoms with Gasteiger partial charge in [0.1, 0.15) is 12.1 Å². The van der Waals surface area contributed by atoms with E-state index in [1.54, 1.807) is 5.32 Å². The highest BCUT2D eigenvalue weighted by atomic mass is 19.4. The van der Waals surface area contributed by atoms with Crippen molar-refractivity contribution in [3.05, 3.63) is 35.4 Å². The first kappa shape index (κ1) is 18.2. The van der Waals surface area contributed by atoms with Crippen LogP contribution in [0.1, 0.15) is 18.1 Å². The number of halogens is 3. The van der Waals surface area contributed by atoms with Crippen molar-refractivity contribution >= 4 is 23.9 Å². The van der Waals surface area contributed by atoms with Crippen LogP contribution < -0.4 is 16.4 Å². The molecule has 6 amide bonds. The van der Waals surface area contributed by atoms with E-state index in [0.717, 1.165) is 25.1 Å². The molecule has 1 aliphatic heterocycles. The number of imide groups is 2. The predicted molar refractivity (Wildman–Crippen MR) is 76.8 cm³/mol. The second-order valence-corrected chi connectivity index (χ2v) is 5.40. The molecule has 0 bridgehead atoms. The number of nitrogens with one attached hydrogen (secondary N) is 2. The van der Waals surface area contributed by atoms with Crippen LogP contribution in [0.4, 0.5) is 22.8 Å². The standard InChI is InChI=1S/C14H13F3N4O4/c1-13(7-4-2-3-5-8(7)14(15,16)17)10(23)21(12(25)20-13)6-9(22)19-11(18)24/h2-5H,6H2,1H3,(H,20,25)(H3,18,19,22,24)/t13-/m1/s1. The summed E-state index contributed by atoms with van der Waals surface area (Å²) in [5.41, 5.74) is 1.18. The van der Waals surface area contributed by atoms with Crippen LogP contribution >= 0.6 is 0 Å². The van der Waals surface area contributed by atoms with Gasteiger partial charge in [-0.1, -0.05) is 18.2 Å². The second kappa shape index (κ2) is 6.07. The molecule has 8 nitrogen and oxygen atoms in total. The number of benzene rings is 1. The number of hydrogen-bond donors (Lipinski definition) is 3. The van der Waals surface area contributed by atoms with Gasteiger partial charge in [-0.25, -0.2) is 9.59 Å². The molecule has 1 heterocycles. The van der Waals surface area contributed by atoms with Gasteiger partial charge in [-0.3, -0.25) is 19.8 Å². The zero-order valence-electron chi connectivity index (χ0n) is 12.8. The molecule has 0 aromatic heterocycles. The quantitative estimate of drug-likeness (QED) is 0.688. The SMILES string of the molecule is C[C@]1(c2ccccc2C(F)(F)F)NC(=O)N(CC(=O)NC(N)=O)C1=O. The molecule has 1 fully saturated rings. The van der Waals surface area contributed by atoms with Crippen molar-refractivity contribution in [1.82, 2.24) is 15.5 Å². The highest BCUT2D eigenvalue weighted by molar-refractivity contribution is 6.10. The minimum absolute atomic E-state index is 0.408. The predicted octanol–water partition coefficient (Wildman–Crippen LogP) is 0.667. The Kier molecular flexibility index (Phi) is 4.43. The van der Waals surface area contributed by atoms with Crippen molar-refractivity contribution in [2.24, 2.45) is 5.73 Å². The van der Waals surface area contributed by atoms with Crippen molar-refractivity contribution in [2.75, 3.05) is 6.54 Å². The Labute approximate surface area is 139 Å². The van der Waals surface area contributed by atoms with Gasteiger partial charge in [0.15, 0.2) is 0 Å². The van der Waals surface area contributed by atoms with Crippen molar-refractivity contribution < 1.29 is 32.3 Å². The normalized spacial score (nSPS) is 20.4. The molecule has 11 heteroatoms. The highest BCUT2D eigenvalue weighted by Crippen LogP contribution is 2.39. The fraction of sp³-hybridized carbons (Fsp3) is 0.286. The summed E-state index contributed by atoms with van der Waals surface area (Å²) in [6, 6.07) is 2.02. The molecule has 0 saturated carbocycles. The summed E-state index contributed by atoms with van der Waals surface area (Å²) < 4.78 is 39.6. The number of carbonyl (C=O) groups is 4. The van der Waals surface area contributed by atoms with Gasteiger partial charge in [-0.2, -0.15) is 13.2 Å². The Balaban J connectivity index is 2.38. The van der Waals surface area contributed by atoms with E-state index in [1.165, 1.54) is 6.07 Å².